The van der Waals surface area contributed by atoms with Gasteiger partial charge in [0, 0.05) is 18.6 Å². The first-order valence-corrected chi connectivity index (χ1v) is 10.3. The molecule has 1 aliphatic heterocycles. The van der Waals surface area contributed by atoms with Crippen molar-refractivity contribution in [1.82, 2.24) is 0 Å². The second-order valence-corrected chi connectivity index (χ2v) is 7.38. The third kappa shape index (κ3) is 7.27. The average Bonchev–Trinajstić information content (AvgIpc) is 2.88. The minimum atomic E-state index is -0.919. The van der Waals surface area contributed by atoms with Crippen LogP contribution in [0.2, 0.25) is 0 Å². The Labute approximate surface area is 153 Å². The maximum atomic E-state index is 11.6. The first-order valence-electron chi connectivity index (χ1n) is 10.3. The lowest BCUT2D eigenvalue weighted by molar-refractivity contribution is -0.827. The zero-order valence-corrected chi connectivity index (χ0v) is 16.6. The Balaban J connectivity index is 2.02. The monoisotopic (exact) mass is 352 g/mol. The summed E-state index contributed by atoms with van der Waals surface area (Å²) in [6.45, 7) is 6.42. The highest BCUT2D eigenvalue weighted by atomic mass is 16.4. The molecular weight excluding hydrogens is 314 g/mol. The van der Waals surface area contributed by atoms with Gasteiger partial charge in [0.15, 0.2) is 5.70 Å². The van der Waals surface area contributed by atoms with Gasteiger partial charge in [-0.15, -0.1) is 0 Å². The minimum absolute atomic E-state index is 0.343. The summed E-state index contributed by atoms with van der Waals surface area (Å²) in [5, 5.41) is 17.5. The predicted octanol–water partition coefficient (Wildman–Crippen LogP) is 7.20. The Morgan fingerprint density at radius 1 is 0.840 bits per heavy atom. The number of carbonyl (C=O) groups is 1. The van der Waals surface area contributed by atoms with E-state index in [2.05, 4.69) is 17.3 Å². The van der Waals surface area contributed by atoms with E-state index in [-0.39, 0.29) is 4.59 Å². The van der Waals surface area contributed by atoms with Crippen LogP contribution in [0.25, 0.3) is 0 Å². The van der Waals surface area contributed by atoms with Gasteiger partial charge in [-0.2, -0.15) is 4.79 Å². The highest BCUT2D eigenvalue weighted by Crippen LogP contribution is 2.30. The van der Waals surface area contributed by atoms with E-state index in [0.717, 1.165) is 24.2 Å². The van der Waals surface area contributed by atoms with Crippen molar-refractivity contribution in [2.24, 2.45) is 10.3 Å². The molecule has 0 spiro atoms. The lowest BCUT2D eigenvalue weighted by Gasteiger charge is -2.21. The normalized spacial score (nSPS) is 19.8. The largest absolute Gasteiger partial charge is 0.547 e. The Hall–Kier alpha value is -1.23. The van der Waals surface area contributed by atoms with Crippen LogP contribution in [0.3, 0.4) is 0 Å². The van der Waals surface area contributed by atoms with Crippen molar-refractivity contribution >= 4 is 6.09 Å². The maximum Gasteiger partial charge on any atom is 0.547 e. The third-order valence-corrected chi connectivity index (χ3v) is 5.33. The lowest BCUT2D eigenvalue weighted by atomic mass is 10.0. The number of hydrogen-bond donors (Lipinski definition) is 1. The molecule has 0 aliphatic carbocycles. The van der Waals surface area contributed by atoms with Gasteiger partial charge in [0.2, 0.25) is 0 Å². The van der Waals surface area contributed by atoms with Gasteiger partial charge >= 0.3 is 6.09 Å². The van der Waals surface area contributed by atoms with Gasteiger partial charge < -0.3 is 5.11 Å². The summed E-state index contributed by atoms with van der Waals surface area (Å²) in [7, 11) is 0. The number of hydrogen-bond acceptors (Lipinski definition) is 3. The van der Waals surface area contributed by atoms with E-state index in [0.29, 0.717) is 6.54 Å². The summed E-state index contributed by atoms with van der Waals surface area (Å²) in [5.41, 5.74) is 1.48. The van der Waals surface area contributed by atoms with E-state index in [9.17, 15) is 9.90 Å². The molecule has 0 aromatic heterocycles. The molecule has 0 fully saturated rings. The van der Waals surface area contributed by atoms with E-state index in [1.54, 1.807) is 0 Å². The van der Waals surface area contributed by atoms with Crippen LogP contribution in [0.1, 0.15) is 104 Å². The molecule has 0 bridgehead atoms. The van der Waals surface area contributed by atoms with Crippen LogP contribution in [0.15, 0.2) is 21.7 Å². The average molecular weight is 353 g/mol. The molecule has 0 saturated carbocycles. The van der Waals surface area contributed by atoms with Crippen LogP contribution in [0.4, 0.5) is 4.79 Å². The molecule has 0 aromatic carbocycles. The van der Waals surface area contributed by atoms with Gasteiger partial charge in [-0.05, 0) is 17.9 Å². The molecular formula is C20H38N3O2+. The molecule has 1 rings (SSSR count). The first kappa shape index (κ1) is 21.8. The first-order chi connectivity index (χ1) is 12.0. The Morgan fingerprint density at radius 2 is 1.28 bits per heavy atom. The zero-order chi connectivity index (χ0) is 18.5. The SMILES string of the molecule is CCCCCCCCCCCCCCC[N+]1(C(=O)O)N=NC(C)=C1C. The minimum Gasteiger partial charge on any atom is -0.433 e. The van der Waals surface area contributed by atoms with Crippen molar-refractivity contribution in [1.29, 1.82) is 0 Å². The molecule has 5 nitrogen and oxygen atoms in total. The summed E-state index contributed by atoms with van der Waals surface area (Å²) in [6.07, 6.45) is 15.8. The van der Waals surface area contributed by atoms with E-state index in [1.807, 2.05) is 13.8 Å². The molecule has 1 aliphatic rings. The summed E-state index contributed by atoms with van der Waals surface area (Å²) in [6, 6.07) is 0. The smallest absolute Gasteiger partial charge is 0.433 e. The molecule has 0 aromatic rings. The molecule has 1 amide bonds. The van der Waals surface area contributed by atoms with Crippen molar-refractivity contribution in [3.05, 3.63) is 11.4 Å². The number of quaternary nitrogens is 1. The lowest BCUT2D eigenvalue weighted by Crippen LogP contribution is -2.44. The maximum absolute atomic E-state index is 11.6. The standard InChI is InChI=1S/C20H37N3O2/c1-4-5-6-7-8-9-10-11-12-13-14-15-16-17-23(20(24)25)19(3)18(2)21-22-23/h4-17H2,1-3H3/p+1. The topological polar surface area (TPSA) is 62.0 Å². The number of unbranched alkanes of at least 4 members (excludes halogenated alkanes) is 12. The van der Waals surface area contributed by atoms with Crippen molar-refractivity contribution in [2.75, 3.05) is 6.54 Å². The van der Waals surface area contributed by atoms with Crippen LogP contribution in [0, 0.1) is 0 Å². The molecule has 1 unspecified atom stereocenters. The zero-order valence-electron chi connectivity index (χ0n) is 16.6. The Bertz CT molecular complexity index is 460. The Kier molecular flexibility index (Phi) is 10.6. The van der Waals surface area contributed by atoms with Gasteiger partial charge in [-0.3, -0.25) is 0 Å². The van der Waals surface area contributed by atoms with E-state index >= 15 is 0 Å². The summed E-state index contributed by atoms with van der Waals surface area (Å²) in [5.74, 6) is 0. The number of nitrogens with zero attached hydrogens (tertiary/aromatic N) is 3. The van der Waals surface area contributed by atoms with Crippen LogP contribution in [0.5, 0.6) is 0 Å². The highest BCUT2D eigenvalue weighted by Gasteiger charge is 2.45. The van der Waals surface area contributed by atoms with Gasteiger partial charge in [0.1, 0.15) is 12.2 Å². The molecule has 144 valence electrons. The molecule has 1 atom stereocenters. The quantitative estimate of drug-likeness (QED) is 0.265. The van der Waals surface area contributed by atoms with Gasteiger partial charge in [0.25, 0.3) is 0 Å². The van der Waals surface area contributed by atoms with Crippen molar-refractivity contribution in [3.8, 4) is 0 Å². The van der Waals surface area contributed by atoms with Crippen LogP contribution in [-0.4, -0.2) is 22.3 Å². The molecule has 25 heavy (non-hydrogen) atoms. The second-order valence-electron chi connectivity index (χ2n) is 7.38. The third-order valence-electron chi connectivity index (χ3n) is 5.33. The van der Waals surface area contributed by atoms with Gasteiger partial charge in [-0.25, -0.2) is 0 Å². The predicted molar refractivity (Wildman–Crippen MR) is 102 cm³/mol. The van der Waals surface area contributed by atoms with E-state index < -0.39 is 6.09 Å². The molecule has 1 heterocycles. The summed E-state index contributed by atoms with van der Waals surface area (Å²) >= 11 is 0. The van der Waals surface area contributed by atoms with E-state index in [1.165, 1.54) is 70.6 Å². The fraction of sp³-hybridized carbons (Fsp3) is 0.850. The number of rotatable bonds is 14. The summed E-state index contributed by atoms with van der Waals surface area (Å²) in [4.78, 5) is 11.6. The van der Waals surface area contributed by atoms with E-state index in [4.69, 9.17) is 0 Å². The summed E-state index contributed by atoms with van der Waals surface area (Å²) < 4.78 is -0.343. The molecule has 1 N–H and O–H groups in total. The van der Waals surface area contributed by atoms with Crippen LogP contribution >= 0.6 is 0 Å². The van der Waals surface area contributed by atoms with Crippen molar-refractivity contribution in [3.63, 3.8) is 0 Å². The van der Waals surface area contributed by atoms with Gasteiger partial charge in [-0.1, -0.05) is 82.7 Å². The van der Waals surface area contributed by atoms with Gasteiger partial charge in [0.05, 0.1) is 0 Å². The molecule has 0 saturated heterocycles. The second kappa shape index (κ2) is 12.2. The number of allylic oxidation sites excluding steroid dienone is 2. The highest BCUT2D eigenvalue weighted by molar-refractivity contribution is 5.58. The van der Waals surface area contributed by atoms with Crippen LogP contribution in [-0.2, 0) is 0 Å². The molecule has 0 radical (unpaired) electrons. The number of carboxylic acid groups (broad SMARTS) is 1. The fourth-order valence-electron chi connectivity index (χ4n) is 3.40. The van der Waals surface area contributed by atoms with Crippen molar-refractivity contribution < 1.29 is 14.5 Å². The van der Waals surface area contributed by atoms with Crippen molar-refractivity contribution in [2.45, 2.75) is 104 Å². The molecule has 5 heteroatoms. The van der Waals surface area contributed by atoms with Crippen LogP contribution < -0.4 is 0 Å². The fourth-order valence-corrected chi connectivity index (χ4v) is 3.40. The number of amides is 1. The Morgan fingerprint density at radius 3 is 1.64 bits per heavy atom.